The van der Waals surface area contributed by atoms with E-state index in [1.807, 2.05) is 18.2 Å². The van der Waals surface area contributed by atoms with Crippen LogP contribution in [0, 0.1) is 5.92 Å². The van der Waals surface area contributed by atoms with Gasteiger partial charge in [-0.25, -0.2) is 0 Å². The predicted octanol–water partition coefficient (Wildman–Crippen LogP) is 4.88. The van der Waals surface area contributed by atoms with Gasteiger partial charge in [0, 0.05) is 11.5 Å². The molecule has 3 atom stereocenters. The van der Waals surface area contributed by atoms with Crippen LogP contribution in [0.4, 0.5) is 0 Å². The summed E-state index contributed by atoms with van der Waals surface area (Å²) in [6.07, 6.45) is 3.44. The van der Waals surface area contributed by atoms with Gasteiger partial charge in [0.25, 0.3) is 0 Å². The first-order chi connectivity index (χ1) is 10.6. The third-order valence-electron chi connectivity index (χ3n) is 4.88. The standard InChI is InChI=1S/C18H17BrO3/c19-16-9-12(21)8-15-13-2-1-3-14(13)17(22-18(15)16)10-4-6-11(20)7-5-10/h4-9,13-14,17,20-21H,1-3H2. The normalized spacial score (nSPS) is 26.1. The molecule has 3 nitrogen and oxygen atoms in total. The second-order valence-electron chi connectivity index (χ2n) is 6.18. The van der Waals surface area contributed by atoms with Gasteiger partial charge in [0.05, 0.1) is 4.47 Å². The quantitative estimate of drug-likeness (QED) is 0.761. The smallest absolute Gasteiger partial charge is 0.138 e. The van der Waals surface area contributed by atoms with Crippen molar-refractivity contribution in [1.82, 2.24) is 0 Å². The third-order valence-corrected chi connectivity index (χ3v) is 5.47. The topological polar surface area (TPSA) is 49.7 Å². The molecule has 2 aromatic rings. The molecule has 2 aromatic carbocycles. The van der Waals surface area contributed by atoms with Gasteiger partial charge < -0.3 is 14.9 Å². The molecule has 0 aromatic heterocycles. The van der Waals surface area contributed by atoms with Crippen LogP contribution in [0.25, 0.3) is 0 Å². The summed E-state index contributed by atoms with van der Waals surface area (Å²) in [5.41, 5.74) is 2.21. The van der Waals surface area contributed by atoms with Gasteiger partial charge >= 0.3 is 0 Å². The van der Waals surface area contributed by atoms with E-state index in [-0.39, 0.29) is 17.6 Å². The number of halogens is 1. The summed E-state index contributed by atoms with van der Waals surface area (Å²) in [6, 6.07) is 10.8. The lowest BCUT2D eigenvalue weighted by Gasteiger charge is -2.37. The minimum Gasteiger partial charge on any atom is -0.508 e. The SMILES string of the molecule is Oc1ccc(C2Oc3c(Br)cc(O)cc3C3CCCC32)cc1. The number of phenolic OH excluding ortho intramolecular Hbond substituents is 2. The Kier molecular flexibility index (Phi) is 3.30. The summed E-state index contributed by atoms with van der Waals surface area (Å²) in [5, 5.41) is 19.4. The predicted molar refractivity (Wildman–Crippen MR) is 87.4 cm³/mol. The van der Waals surface area contributed by atoms with Crippen molar-refractivity contribution in [3.8, 4) is 17.2 Å². The zero-order valence-electron chi connectivity index (χ0n) is 12.0. The molecule has 3 unspecified atom stereocenters. The number of phenols is 2. The first-order valence-electron chi connectivity index (χ1n) is 7.61. The van der Waals surface area contributed by atoms with Gasteiger partial charge in [-0.2, -0.15) is 0 Å². The van der Waals surface area contributed by atoms with Crippen molar-refractivity contribution in [3.05, 3.63) is 52.0 Å². The molecule has 1 aliphatic carbocycles. The number of rotatable bonds is 1. The summed E-state index contributed by atoms with van der Waals surface area (Å²) in [6.45, 7) is 0. The minimum atomic E-state index is 0.00134. The highest BCUT2D eigenvalue weighted by atomic mass is 79.9. The minimum absolute atomic E-state index is 0.00134. The monoisotopic (exact) mass is 360 g/mol. The molecule has 0 saturated heterocycles. The van der Waals surface area contributed by atoms with E-state index in [2.05, 4.69) is 15.9 Å². The van der Waals surface area contributed by atoms with Crippen LogP contribution in [-0.4, -0.2) is 10.2 Å². The zero-order chi connectivity index (χ0) is 15.3. The maximum absolute atomic E-state index is 9.89. The van der Waals surface area contributed by atoms with Gasteiger partial charge in [-0.1, -0.05) is 18.6 Å². The van der Waals surface area contributed by atoms with Crippen molar-refractivity contribution in [2.75, 3.05) is 0 Å². The summed E-state index contributed by atoms with van der Waals surface area (Å²) in [4.78, 5) is 0. The number of hydrogen-bond donors (Lipinski definition) is 2. The highest BCUT2D eigenvalue weighted by molar-refractivity contribution is 9.10. The molecule has 0 spiro atoms. The number of fused-ring (bicyclic) bond motifs is 3. The lowest BCUT2D eigenvalue weighted by atomic mass is 9.80. The number of benzene rings is 2. The van der Waals surface area contributed by atoms with E-state index in [1.165, 1.54) is 6.42 Å². The zero-order valence-corrected chi connectivity index (χ0v) is 13.6. The van der Waals surface area contributed by atoms with E-state index in [4.69, 9.17) is 4.74 Å². The van der Waals surface area contributed by atoms with Crippen molar-refractivity contribution in [3.63, 3.8) is 0 Å². The van der Waals surface area contributed by atoms with Crippen molar-refractivity contribution < 1.29 is 14.9 Å². The third kappa shape index (κ3) is 2.17. The molecular weight excluding hydrogens is 344 g/mol. The molecule has 0 amide bonds. The van der Waals surface area contributed by atoms with Gasteiger partial charge in [0.2, 0.25) is 0 Å². The molecule has 1 fully saturated rings. The van der Waals surface area contributed by atoms with E-state index in [0.29, 0.717) is 11.8 Å². The van der Waals surface area contributed by atoms with Crippen LogP contribution in [0.5, 0.6) is 17.2 Å². The van der Waals surface area contributed by atoms with Gasteiger partial charge in [-0.15, -0.1) is 0 Å². The fourth-order valence-corrected chi connectivity index (χ4v) is 4.49. The number of aromatic hydroxyl groups is 2. The van der Waals surface area contributed by atoms with E-state index in [1.54, 1.807) is 18.2 Å². The van der Waals surface area contributed by atoms with Gasteiger partial charge in [0.1, 0.15) is 23.4 Å². The van der Waals surface area contributed by atoms with Crippen LogP contribution in [0.15, 0.2) is 40.9 Å². The Morgan fingerprint density at radius 1 is 1.00 bits per heavy atom. The molecule has 0 radical (unpaired) electrons. The van der Waals surface area contributed by atoms with Crippen LogP contribution < -0.4 is 4.74 Å². The molecule has 2 aliphatic rings. The average Bonchev–Trinajstić information content (AvgIpc) is 2.97. The van der Waals surface area contributed by atoms with Crippen LogP contribution in [0.2, 0.25) is 0 Å². The largest absolute Gasteiger partial charge is 0.508 e. The molecule has 1 aliphatic heterocycles. The molecule has 22 heavy (non-hydrogen) atoms. The van der Waals surface area contributed by atoms with E-state index in [9.17, 15) is 10.2 Å². The van der Waals surface area contributed by atoms with Gasteiger partial charge in [-0.05, 0) is 64.5 Å². The van der Waals surface area contributed by atoms with Crippen molar-refractivity contribution >= 4 is 15.9 Å². The fourth-order valence-electron chi connectivity index (χ4n) is 3.93. The first-order valence-corrected chi connectivity index (χ1v) is 8.41. The summed E-state index contributed by atoms with van der Waals surface area (Å²) >= 11 is 3.52. The van der Waals surface area contributed by atoms with E-state index < -0.39 is 0 Å². The van der Waals surface area contributed by atoms with Crippen molar-refractivity contribution in [2.45, 2.75) is 31.3 Å². The molecule has 4 heteroatoms. The molecule has 1 saturated carbocycles. The Labute approximate surface area is 137 Å². The molecular formula is C18H17BrO3. The second-order valence-corrected chi connectivity index (χ2v) is 7.03. The summed E-state index contributed by atoms with van der Waals surface area (Å²) < 4.78 is 7.12. The molecule has 114 valence electrons. The Morgan fingerprint density at radius 3 is 2.55 bits per heavy atom. The Hall–Kier alpha value is -1.68. The number of hydrogen-bond acceptors (Lipinski definition) is 3. The fraction of sp³-hybridized carbons (Fsp3) is 0.333. The average molecular weight is 361 g/mol. The highest BCUT2D eigenvalue weighted by Crippen LogP contribution is 2.56. The Morgan fingerprint density at radius 2 is 1.77 bits per heavy atom. The van der Waals surface area contributed by atoms with E-state index >= 15 is 0 Å². The summed E-state index contributed by atoms with van der Waals surface area (Å²) in [7, 11) is 0. The first kappa shape index (κ1) is 13.9. The Balaban J connectivity index is 1.81. The Bertz CT molecular complexity index is 711. The lowest BCUT2D eigenvalue weighted by Crippen LogP contribution is -2.26. The molecule has 4 rings (SSSR count). The second kappa shape index (κ2) is 5.20. The van der Waals surface area contributed by atoms with Crippen LogP contribution in [0.1, 0.15) is 42.4 Å². The lowest BCUT2D eigenvalue weighted by molar-refractivity contribution is 0.103. The summed E-state index contributed by atoms with van der Waals surface area (Å²) in [5.74, 6) is 2.24. The molecule has 1 heterocycles. The van der Waals surface area contributed by atoms with Crippen LogP contribution in [-0.2, 0) is 0 Å². The maximum atomic E-state index is 9.89. The molecule has 0 bridgehead atoms. The van der Waals surface area contributed by atoms with Crippen LogP contribution in [0.3, 0.4) is 0 Å². The van der Waals surface area contributed by atoms with Crippen molar-refractivity contribution in [1.29, 1.82) is 0 Å². The molecule has 2 N–H and O–H groups in total. The van der Waals surface area contributed by atoms with Crippen molar-refractivity contribution in [2.24, 2.45) is 5.92 Å². The van der Waals surface area contributed by atoms with Gasteiger partial charge in [-0.3, -0.25) is 0 Å². The van der Waals surface area contributed by atoms with E-state index in [0.717, 1.165) is 34.2 Å². The number of ether oxygens (including phenoxy) is 1. The highest BCUT2D eigenvalue weighted by Gasteiger charge is 2.42. The van der Waals surface area contributed by atoms with Crippen LogP contribution >= 0.6 is 15.9 Å². The maximum Gasteiger partial charge on any atom is 0.138 e. The van der Waals surface area contributed by atoms with Gasteiger partial charge in [0.15, 0.2) is 0 Å².